The van der Waals surface area contributed by atoms with Gasteiger partial charge in [-0.1, -0.05) is 24.3 Å². The second-order valence-corrected chi connectivity index (χ2v) is 10.7. The molecule has 2 aliphatic rings. The monoisotopic (exact) mass is 509 g/mol. The van der Waals surface area contributed by atoms with E-state index in [1.54, 1.807) is 11.3 Å². The van der Waals surface area contributed by atoms with Crippen LogP contribution in [0.3, 0.4) is 0 Å². The zero-order valence-corrected chi connectivity index (χ0v) is 21.4. The lowest BCUT2D eigenvalue weighted by Gasteiger charge is -2.40. The highest BCUT2D eigenvalue weighted by molar-refractivity contribution is 7.10. The first-order valence-electron chi connectivity index (χ1n) is 12.9. The molecule has 0 saturated carbocycles. The van der Waals surface area contributed by atoms with E-state index in [9.17, 15) is 13.6 Å². The molecule has 190 valence electrons. The molecule has 1 amide bonds. The molecule has 7 heteroatoms. The zero-order valence-electron chi connectivity index (χ0n) is 20.5. The van der Waals surface area contributed by atoms with Gasteiger partial charge in [0.15, 0.2) is 0 Å². The van der Waals surface area contributed by atoms with Gasteiger partial charge in [0.05, 0.1) is 11.6 Å². The van der Waals surface area contributed by atoms with Crippen LogP contribution in [0.25, 0.3) is 0 Å². The van der Waals surface area contributed by atoms with Crippen LogP contribution in [0.15, 0.2) is 60.0 Å². The summed E-state index contributed by atoms with van der Waals surface area (Å²) in [6.07, 6.45) is 4.14. The summed E-state index contributed by atoms with van der Waals surface area (Å²) in [6.45, 7) is 6.41. The van der Waals surface area contributed by atoms with Crippen LogP contribution in [0.4, 0.5) is 8.78 Å². The topological polar surface area (TPSA) is 26.8 Å². The van der Waals surface area contributed by atoms with Crippen LogP contribution < -0.4 is 0 Å². The number of unbranched alkanes of at least 4 members (excludes halogenated alkanes) is 1. The number of benzene rings is 2. The molecule has 3 heterocycles. The van der Waals surface area contributed by atoms with Crippen LogP contribution in [0.5, 0.6) is 0 Å². The second-order valence-electron chi connectivity index (χ2n) is 9.74. The molecule has 0 radical (unpaired) electrons. The number of carbonyl (C=O) groups is 1. The van der Waals surface area contributed by atoms with Gasteiger partial charge in [-0.3, -0.25) is 9.69 Å². The normalized spacial score (nSPS) is 17.4. The molecular formula is C29H33F2N3OS. The zero-order chi connectivity index (χ0) is 24.9. The van der Waals surface area contributed by atoms with Gasteiger partial charge in [-0.25, -0.2) is 8.78 Å². The first-order chi connectivity index (χ1) is 17.6. The number of thiophene rings is 1. The molecule has 1 fully saturated rings. The third-order valence-electron chi connectivity index (χ3n) is 7.39. The molecule has 1 aromatic heterocycles. The van der Waals surface area contributed by atoms with E-state index in [1.165, 1.54) is 29.1 Å². The van der Waals surface area contributed by atoms with Crippen LogP contribution in [0.1, 0.15) is 51.7 Å². The quantitative estimate of drug-likeness (QED) is 0.370. The summed E-state index contributed by atoms with van der Waals surface area (Å²) in [4.78, 5) is 21.0. The number of hydrogen-bond acceptors (Lipinski definition) is 4. The van der Waals surface area contributed by atoms with Gasteiger partial charge in [-0.05, 0) is 79.1 Å². The highest BCUT2D eigenvalue weighted by Gasteiger charge is 2.27. The van der Waals surface area contributed by atoms with Gasteiger partial charge in [0.2, 0.25) is 0 Å². The summed E-state index contributed by atoms with van der Waals surface area (Å²) >= 11 is 1.70. The van der Waals surface area contributed by atoms with E-state index in [0.29, 0.717) is 0 Å². The van der Waals surface area contributed by atoms with Crippen molar-refractivity contribution in [3.05, 3.63) is 93.2 Å². The Balaban J connectivity index is 1.13. The Morgan fingerprint density at radius 3 is 2.03 bits per heavy atom. The molecule has 3 aromatic rings. The molecule has 0 spiro atoms. The molecule has 0 N–H and O–H groups in total. The maximum atomic E-state index is 13.6. The molecular weight excluding hydrogens is 476 g/mol. The Kier molecular flexibility index (Phi) is 8.09. The van der Waals surface area contributed by atoms with Crippen LogP contribution in [-0.4, -0.2) is 66.4 Å². The minimum Gasteiger partial charge on any atom is -0.339 e. The molecule has 4 nitrogen and oxygen atoms in total. The molecule has 36 heavy (non-hydrogen) atoms. The van der Waals surface area contributed by atoms with E-state index in [0.717, 1.165) is 88.2 Å². The van der Waals surface area contributed by atoms with Gasteiger partial charge < -0.3 is 9.80 Å². The van der Waals surface area contributed by atoms with E-state index in [1.807, 2.05) is 40.6 Å². The van der Waals surface area contributed by atoms with Gasteiger partial charge in [0, 0.05) is 44.1 Å². The number of aryl methyl sites for hydroxylation is 1. The number of piperazine rings is 1. The van der Waals surface area contributed by atoms with Gasteiger partial charge in [0.1, 0.15) is 11.6 Å². The molecule has 0 bridgehead atoms. The highest BCUT2D eigenvalue weighted by Crippen LogP contribution is 2.30. The van der Waals surface area contributed by atoms with Crippen molar-refractivity contribution in [2.75, 3.05) is 45.8 Å². The number of hydrogen-bond donors (Lipinski definition) is 0. The number of nitrogens with zero attached hydrogens (tertiary/aromatic N) is 3. The average Bonchev–Trinajstić information content (AvgIpc) is 3.31. The van der Waals surface area contributed by atoms with Gasteiger partial charge in [0.25, 0.3) is 5.91 Å². The van der Waals surface area contributed by atoms with Crippen molar-refractivity contribution < 1.29 is 13.6 Å². The molecule has 0 atom stereocenters. The molecule has 2 aromatic carbocycles. The van der Waals surface area contributed by atoms with Crippen LogP contribution >= 0.6 is 11.3 Å². The minimum atomic E-state index is -0.251. The third-order valence-corrected chi connectivity index (χ3v) is 8.37. The minimum absolute atomic E-state index is 0.0237. The van der Waals surface area contributed by atoms with Crippen molar-refractivity contribution in [1.82, 2.24) is 14.7 Å². The number of amides is 1. The fraction of sp³-hybridized carbons (Fsp3) is 0.414. The lowest BCUT2D eigenvalue weighted by molar-refractivity contribution is 0.0752. The van der Waals surface area contributed by atoms with E-state index >= 15 is 0 Å². The number of carbonyl (C=O) groups excluding carboxylic acids is 1. The summed E-state index contributed by atoms with van der Waals surface area (Å²) in [5.41, 5.74) is 2.95. The van der Waals surface area contributed by atoms with Crippen LogP contribution in [0, 0.1) is 11.6 Å². The summed E-state index contributed by atoms with van der Waals surface area (Å²) in [6, 6.07) is 15.3. The van der Waals surface area contributed by atoms with Crippen molar-refractivity contribution in [3.8, 4) is 0 Å². The Bertz CT molecular complexity index is 1090. The van der Waals surface area contributed by atoms with Crippen molar-refractivity contribution in [1.29, 1.82) is 0 Å². The summed E-state index contributed by atoms with van der Waals surface area (Å²) in [5.74, 6) is -0.303. The van der Waals surface area contributed by atoms with Crippen LogP contribution in [0.2, 0.25) is 0 Å². The van der Waals surface area contributed by atoms with E-state index in [-0.39, 0.29) is 23.6 Å². The van der Waals surface area contributed by atoms with Crippen molar-refractivity contribution in [3.63, 3.8) is 0 Å². The van der Waals surface area contributed by atoms with Crippen molar-refractivity contribution >= 4 is 17.2 Å². The Morgan fingerprint density at radius 1 is 0.778 bits per heavy atom. The van der Waals surface area contributed by atoms with Crippen molar-refractivity contribution in [2.24, 2.45) is 0 Å². The van der Waals surface area contributed by atoms with E-state index in [4.69, 9.17) is 0 Å². The van der Waals surface area contributed by atoms with Gasteiger partial charge >= 0.3 is 0 Å². The molecule has 0 aliphatic carbocycles. The maximum absolute atomic E-state index is 13.6. The fourth-order valence-corrected chi connectivity index (χ4v) is 6.34. The maximum Gasteiger partial charge on any atom is 0.254 e. The predicted molar refractivity (Wildman–Crippen MR) is 140 cm³/mol. The standard InChI is InChI=1S/C29H33F2N3OS/c30-24-9-5-22(6-10-24)28(23-7-11-25(31)12-8-23)33-19-17-32(18-20-33)14-1-2-15-34-16-3-4-27-26(29(34)35)13-21-36-27/h5-13,21,28H,1-4,14-20H2. The Labute approximate surface area is 216 Å². The summed E-state index contributed by atoms with van der Waals surface area (Å²) in [7, 11) is 0. The Morgan fingerprint density at radius 2 is 1.39 bits per heavy atom. The SMILES string of the molecule is O=C1c2ccsc2CCCN1CCCCN1CCN(C(c2ccc(F)cc2)c2ccc(F)cc2)CC1. The third kappa shape index (κ3) is 5.85. The molecule has 5 rings (SSSR count). The highest BCUT2D eigenvalue weighted by atomic mass is 32.1. The lowest BCUT2D eigenvalue weighted by Crippen LogP contribution is -2.48. The first-order valence-corrected chi connectivity index (χ1v) is 13.8. The fourth-order valence-electron chi connectivity index (χ4n) is 5.43. The largest absolute Gasteiger partial charge is 0.339 e. The molecule has 1 saturated heterocycles. The van der Waals surface area contributed by atoms with Crippen LogP contribution in [-0.2, 0) is 6.42 Å². The number of fused-ring (bicyclic) bond motifs is 1. The second kappa shape index (κ2) is 11.6. The van der Waals surface area contributed by atoms with E-state index in [2.05, 4.69) is 9.80 Å². The van der Waals surface area contributed by atoms with Gasteiger partial charge in [-0.15, -0.1) is 11.3 Å². The summed E-state index contributed by atoms with van der Waals surface area (Å²) in [5, 5.41) is 2.03. The molecule has 0 unspecified atom stereocenters. The number of halogens is 2. The van der Waals surface area contributed by atoms with Gasteiger partial charge in [-0.2, -0.15) is 0 Å². The number of rotatable bonds is 8. The first kappa shape index (κ1) is 25.1. The summed E-state index contributed by atoms with van der Waals surface area (Å²) < 4.78 is 27.1. The van der Waals surface area contributed by atoms with E-state index < -0.39 is 0 Å². The van der Waals surface area contributed by atoms with Crippen molar-refractivity contribution in [2.45, 2.75) is 31.7 Å². The lowest BCUT2D eigenvalue weighted by atomic mass is 9.96. The molecule has 2 aliphatic heterocycles. The smallest absolute Gasteiger partial charge is 0.254 e. The Hall–Kier alpha value is -2.61. The predicted octanol–water partition coefficient (Wildman–Crippen LogP) is 5.60. The average molecular weight is 510 g/mol.